The molecule has 6 nitrogen and oxygen atoms in total. The number of aryl methyl sites for hydroxylation is 1. The van der Waals surface area contributed by atoms with Crippen molar-refractivity contribution in [2.45, 2.75) is 13.0 Å². The maximum atomic E-state index is 11.3. The van der Waals surface area contributed by atoms with Gasteiger partial charge in [-0.1, -0.05) is 0 Å². The third-order valence-electron chi connectivity index (χ3n) is 1.75. The zero-order chi connectivity index (χ0) is 10.7. The first-order valence-corrected chi connectivity index (χ1v) is 4.34. The Morgan fingerprint density at radius 2 is 2.29 bits per heavy atom. The summed E-state index contributed by atoms with van der Waals surface area (Å²) in [7, 11) is 5.17. The molecule has 0 radical (unpaired) electrons. The molecule has 1 atom stereocenters. The van der Waals surface area contributed by atoms with Crippen molar-refractivity contribution in [3.05, 3.63) is 12.2 Å². The van der Waals surface area contributed by atoms with Gasteiger partial charge >= 0.3 is 6.03 Å². The summed E-state index contributed by atoms with van der Waals surface area (Å²) in [4.78, 5) is 16.8. The van der Waals surface area contributed by atoms with E-state index in [1.165, 1.54) is 4.90 Å². The van der Waals surface area contributed by atoms with Gasteiger partial charge in [0, 0.05) is 21.1 Å². The highest BCUT2D eigenvalue weighted by atomic mass is 16.2. The van der Waals surface area contributed by atoms with Gasteiger partial charge in [0.1, 0.15) is 6.33 Å². The largest absolute Gasteiger partial charge is 0.331 e. The van der Waals surface area contributed by atoms with E-state index in [0.29, 0.717) is 5.82 Å². The fourth-order valence-electron chi connectivity index (χ4n) is 0.933. The highest BCUT2D eigenvalue weighted by Gasteiger charge is 2.13. The molecule has 1 N–H and O–H groups in total. The molecule has 0 aliphatic carbocycles. The Morgan fingerprint density at radius 3 is 2.71 bits per heavy atom. The normalized spacial score (nSPS) is 12.3. The molecular weight excluding hydrogens is 182 g/mol. The second kappa shape index (κ2) is 4.08. The van der Waals surface area contributed by atoms with E-state index in [0.717, 1.165) is 0 Å². The molecule has 1 aromatic heterocycles. The van der Waals surface area contributed by atoms with Gasteiger partial charge in [0.15, 0.2) is 5.82 Å². The molecular formula is C8H15N5O. The van der Waals surface area contributed by atoms with Crippen molar-refractivity contribution in [3.63, 3.8) is 0 Å². The van der Waals surface area contributed by atoms with E-state index in [1.54, 1.807) is 32.2 Å². The van der Waals surface area contributed by atoms with E-state index in [-0.39, 0.29) is 12.1 Å². The molecule has 6 heteroatoms. The van der Waals surface area contributed by atoms with Gasteiger partial charge in [-0.15, -0.1) is 0 Å². The second-order valence-corrected chi connectivity index (χ2v) is 3.34. The van der Waals surface area contributed by atoms with Gasteiger partial charge in [-0.05, 0) is 6.92 Å². The van der Waals surface area contributed by atoms with Crippen LogP contribution in [0.15, 0.2) is 6.33 Å². The van der Waals surface area contributed by atoms with Crippen LogP contribution >= 0.6 is 0 Å². The summed E-state index contributed by atoms with van der Waals surface area (Å²) in [6.45, 7) is 1.84. The summed E-state index contributed by atoms with van der Waals surface area (Å²) in [5.41, 5.74) is 0. The summed E-state index contributed by atoms with van der Waals surface area (Å²) >= 11 is 0. The lowest BCUT2D eigenvalue weighted by atomic mass is 10.3. The van der Waals surface area contributed by atoms with Crippen molar-refractivity contribution in [3.8, 4) is 0 Å². The van der Waals surface area contributed by atoms with Crippen molar-refractivity contribution in [1.82, 2.24) is 25.0 Å². The third-order valence-corrected chi connectivity index (χ3v) is 1.75. The van der Waals surface area contributed by atoms with Crippen molar-refractivity contribution in [2.75, 3.05) is 14.1 Å². The van der Waals surface area contributed by atoms with Crippen LogP contribution in [0.4, 0.5) is 4.79 Å². The zero-order valence-electron chi connectivity index (χ0n) is 8.85. The minimum Gasteiger partial charge on any atom is -0.331 e. The summed E-state index contributed by atoms with van der Waals surface area (Å²) < 4.78 is 1.60. The van der Waals surface area contributed by atoms with Crippen LogP contribution < -0.4 is 5.32 Å². The minimum atomic E-state index is -0.175. The highest BCUT2D eigenvalue weighted by molar-refractivity contribution is 5.73. The Morgan fingerprint density at radius 1 is 1.64 bits per heavy atom. The van der Waals surface area contributed by atoms with E-state index in [9.17, 15) is 4.79 Å². The third kappa shape index (κ3) is 2.45. The molecule has 0 saturated carbocycles. The summed E-state index contributed by atoms with van der Waals surface area (Å²) in [5.74, 6) is 0.614. The molecule has 1 aromatic rings. The van der Waals surface area contributed by atoms with E-state index in [4.69, 9.17) is 0 Å². The molecule has 1 heterocycles. The lowest BCUT2D eigenvalue weighted by Crippen LogP contribution is -2.36. The molecule has 0 fully saturated rings. The number of hydrogen-bond acceptors (Lipinski definition) is 3. The van der Waals surface area contributed by atoms with Crippen LogP contribution in [0.1, 0.15) is 18.8 Å². The Labute approximate surface area is 82.9 Å². The van der Waals surface area contributed by atoms with Crippen molar-refractivity contribution in [2.24, 2.45) is 7.05 Å². The van der Waals surface area contributed by atoms with Gasteiger partial charge < -0.3 is 10.2 Å². The molecule has 2 amide bonds. The Bertz CT molecular complexity index is 319. The van der Waals surface area contributed by atoms with Crippen molar-refractivity contribution in [1.29, 1.82) is 0 Å². The Balaban J connectivity index is 2.59. The van der Waals surface area contributed by atoms with Crippen LogP contribution in [0.25, 0.3) is 0 Å². The lowest BCUT2D eigenvalue weighted by molar-refractivity contribution is 0.213. The number of urea groups is 1. The summed E-state index contributed by atoms with van der Waals surface area (Å²) in [6.07, 6.45) is 1.60. The van der Waals surface area contributed by atoms with Crippen LogP contribution in [0.2, 0.25) is 0 Å². The van der Waals surface area contributed by atoms with Gasteiger partial charge in [-0.3, -0.25) is 4.68 Å². The van der Waals surface area contributed by atoms with Crippen LogP contribution in [0.3, 0.4) is 0 Å². The average Bonchev–Trinajstić information content (AvgIpc) is 2.51. The van der Waals surface area contributed by atoms with Gasteiger partial charge in [0.2, 0.25) is 0 Å². The average molecular weight is 197 g/mol. The number of nitrogens with one attached hydrogen (secondary N) is 1. The van der Waals surface area contributed by atoms with Crippen LogP contribution in [0, 0.1) is 0 Å². The quantitative estimate of drug-likeness (QED) is 0.734. The van der Waals surface area contributed by atoms with Crippen LogP contribution in [-0.4, -0.2) is 39.8 Å². The second-order valence-electron chi connectivity index (χ2n) is 3.34. The molecule has 14 heavy (non-hydrogen) atoms. The standard InChI is InChI=1S/C8H15N5O/c1-6(10-8(14)12(2)3)7-9-5-13(4)11-7/h5-6H,1-4H3,(H,10,14). The van der Waals surface area contributed by atoms with E-state index >= 15 is 0 Å². The van der Waals surface area contributed by atoms with Gasteiger partial charge in [-0.2, -0.15) is 5.10 Å². The van der Waals surface area contributed by atoms with Crippen molar-refractivity contribution >= 4 is 6.03 Å². The predicted octanol–water partition coefficient (Wildman–Crippen LogP) is 0.147. The fourth-order valence-corrected chi connectivity index (χ4v) is 0.933. The van der Waals surface area contributed by atoms with Crippen LogP contribution in [0.5, 0.6) is 0 Å². The maximum Gasteiger partial charge on any atom is 0.317 e. The first-order chi connectivity index (χ1) is 6.50. The van der Waals surface area contributed by atoms with Crippen molar-refractivity contribution < 1.29 is 4.79 Å². The molecule has 1 unspecified atom stereocenters. The number of hydrogen-bond donors (Lipinski definition) is 1. The zero-order valence-corrected chi connectivity index (χ0v) is 8.85. The highest BCUT2D eigenvalue weighted by Crippen LogP contribution is 2.04. The SMILES string of the molecule is CC(NC(=O)N(C)C)c1ncn(C)n1. The van der Waals surface area contributed by atoms with E-state index in [2.05, 4.69) is 15.4 Å². The molecule has 1 rings (SSSR count). The van der Waals surface area contributed by atoms with Crippen LogP contribution in [-0.2, 0) is 7.05 Å². The number of carbonyl (C=O) groups is 1. The number of aromatic nitrogens is 3. The topological polar surface area (TPSA) is 63.1 Å². The molecule has 0 bridgehead atoms. The number of carbonyl (C=O) groups excluding carboxylic acids is 1. The maximum absolute atomic E-state index is 11.3. The Kier molecular flexibility index (Phi) is 3.06. The van der Waals surface area contributed by atoms with Gasteiger partial charge in [-0.25, -0.2) is 9.78 Å². The molecule has 0 saturated heterocycles. The molecule has 0 aliphatic rings. The molecule has 0 aliphatic heterocycles. The summed E-state index contributed by atoms with van der Waals surface area (Å²) in [5, 5.41) is 6.85. The first kappa shape index (κ1) is 10.5. The number of rotatable bonds is 2. The molecule has 0 aromatic carbocycles. The van der Waals surface area contributed by atoms with E-state index < -0.39 is 0 Å². The first-order valence-electron chi connectivity index (χ1n) is 4.34. The smallest absolute Gasteiger partial charge is 0.317 e. The minimum absolute atomic E-state index is 0.148. The summed E-state index contributed by atoms with van der Waals surface area (Å²) in [6, 6.07) is -0.323. The monoisotopic (exact) mass is 197 g/mol. The lowest BCUT2D eigenvalue weighted by Gasteiger charge is -2.15. The number of nitrogens with zero attached hydrogens (tertiary/aromatic N) is 4. The predicted molar refractivity (Wildman–Crippen MR) is 51.6 cm³/mol. The number of amides is 2. The molecule has 78 valence electrons. The Hall–Kier alpha value is -1.59. The van der Waals surface area contributed by atoms with E-state index in [1.807, 2.05) is 6.92 Å². The van der Waals surface area contributed by atoms with Gasteiger partial charge in [0.05, 0.1) is 6.04 Å². The van der Waals surface area contributed by atoms with Gasteiger partial charge in [0.25, 0.3) is 0 Å². The molecule has 0 spiro atoms. The fraction of sp³-hybridized carbons (Fsp3) is 0.625.